The molecule has 2 atom stereocenters. The molecule has 4 aliphatic rings. The van der Waals surface area contributed by atoms with Crippen molar-refractivity contribution < 1.29 is 14.3 Å². The summed E-state index contributed by atoms with van der Waals surface area (Å²) in [4.78, 5) is 2.49. The fraction of sp³-hybridized carbons (Fsp3) is 0.778. The van der Waals surface area contributed by atoms with Crippen LogP contribution in [0.15, 0.2) is 22.8 Å². The second-order valence-corrected chi connectivity index (χ2v) is 7.37. The van der Waals surface area contributed by atoms with Crippen LogP contribution in [0.25, 0.3) is 0 Å². The van der Waals surface area contributed by atoms with Crippen LogP contribution in [0.5, 0.6) is 0 Å². The molecule has 22 heavy (non-hydrogen) atoms. The molecule has 4 heteroatoms. The molecule has 0 spiro atoms. The molecule has 3 aliphatic heterocycles. The predicted molar refractivity (Wildman–Crippen MR) is 83.5 cm³/mol. The van der Waals surface area contributed by atoms with E-state index in [0.717, 1.165) is 19.4 Å². The first kappa shape index (κ1) is 14.7. The van der Waals surface area contributed by atoms with Crippen LogP contribution >= 0.6 is 0 Å². The molecule has 4 nitrogen and oxygen atoms in total. The summed E-state index contributed by atoms with van der Waals surface area (Å²) in [5, 5.41) is 11.3. The van der Waals surface area contributed by atoms with Crippen LogP contribution in [0.2, 0.25) is 0 Å². The minimum Gasteiger partial charge on any atom is -0.466 e. The Morgan fingerprint density at radius 1 is 1.23 bits per heavy atom. The minimum absolute atomic E-state index is 0.264. The smallest absolute Gasteiger partial charge is 0.148 e. The van der Waals surface area contributed by atoms with E-state index in [1.165, 1.54) is 38.8 Å². The van der Waals surface area contributed by atoms with Crippen LogP contribution in [0.1, 0.15) is 44.3 Å². The monoisotopic (exact) mass is 305 g/mol. The lowest BCUT2D eigenvalue weighted by atomic mass is 9.83. The molecule has 122 valence electrons. The fourth-order valence-corrected chi connectivity index (χ4v) is 4.65. The molecule has 0 unspecified atom stereocenters. The van der Waals surface area contributed by atoms with Gasteiger partial charge in [0.05, 0.1) is 19.0 Å². The van der Waals surface area contributed by atoms with Crippen molar-refractivity contribution in [1.29, 1.82) is 0 Å². The van der Waals surface area contributed by atoms with Gasteiger partial charge in [-0.05, 0) is 62.7 Å². The first-order chi connectivity index (χ1) is 10.8. The molecule has 1 saturated carbocycles. The van der Waals surface area contributed by atoms with Crippen molar-refractivity contribution in [3.8, 4) is 0 Å². The highest BCUT2D eigenvalue weighted by atomic mass is 16.5. The van der Waals surface area contributed by atoms with Crippen LogP contribution in [0, 0.1) is 11.8 Å². The van der Waals surface area contributed by atoms with E-state index < -0.39 is 5.60 Å². The molecule has 1 N–H and O–H groups in total. The largest absolute Gasteiger partial charge is 0.466 e. The zero-order valence-corrected chi connectivity index (χ0v) is 13.2. The molecule has 4 fully saturated rings. The molecular formula is C18H27NO3. The number of nitrogens with zero attached hydrogens (tertiary/aromatic N) is 1. The van der Waals surface area contributed by atoms with Gasteiger partial charge in [0.1, 0.15) is 11.4 Å². The summed E-state index contributed by atoms with van der Waals surface area (Å²) in [6.07, 6.45) is 8.97. The Labute approximate surface area is 132 Å². The third-order valence-corrected chi connectivity index (χ3v) is 6.09. The summed E-state index contributed by atoms with van der Waals surface area (Å²) in [6, 6.07) is 3.77. The molecule has 5 rings (SSSR count). The van der Waals surface area contributed by atoms with Crippen LogP contribution < -0.4 is 0 Å². The normalized spacial score (nSPS) is 34.9. The van der Waals surface area contributed by atoms with E-state index in [1.807, 2.05) is 12.1 Å². The number of piperidine rings is 3. The number of furan rings is 1. The lowest BCUT2D eigenvalue weighted by Crippen LogP contribution is -2.52. The van der Waals surface area contributed by atoms with Gasteiger partial charge in [0.25, 0.3) is 0 Å². The number of fused-ring (bicyclic) bond motifs is 3. The van der Waals surface area contributed by atoms with Crippen molar-refractivity contribution in [3.05, 3.63) is 24.2 Å². The highest BCUT2D eigenvalue weighted by Crippen LogP contribution is 2.42. The summed E-state index contributed by atoms with van der Waals surface area (Å²) in [5.74, 6) is 1.62. The highest BCUT2D eigenvalue weighted by molar-refractivity contribution is 5.12. The first-order valence-corrected chi connectivity index (χ1v) is 8.86. The lowest BCUT2D eigenvalue weighted by molar-refractivity contribution is -0.150. The zero-order chi connectivity index (χ0) is 15.0. The third-order valence-electron chi connectivity index (χ3n) is 6.09. The maximum atomic E-state index is 11.3. The van der Waals surface area contributed by atoms with Crippen molar-refractivity contribution in [2.24, 2.45) is 11.8 Å². The molecule has 0 amide bonds. The predicted octanol–water partition coefficient (Wildman–Crippen LogP) is 2.77. The standard InChI is InChI=1S/C18H27NO3/c20-18(15-4-1-2-5-15,17-6-3-11-21-17)13-22-16-12-19-9-7-14(16)8-10-19/h3,6,11,14-16,20H,1-2,4-5,7-10,12-13H2/t16-,18-/m0/s1. The number of aliphatic hydroxyl groups is 1. The third kappa shape index (κ3) is 2.61. The van der Waals surface area contributed by atoms with Gasteiger partial charge in [-0.2, -0.15) is 0 Å². The van der Waals surface area contributed by atoms with Crippen molar-refractivity contribution in [3.63, 3.8) is 0 Å². The molecular weight excluding hydrogens is 278 g/mol. The number of hydrogen-bond donors (Lipinski definition) is 1. The summed E-state index contributed by atoms with van der Waals surface area (Å²) >= 11 is 0. The molecule has 1 aromatic rings. The highest BCUT2D eigenvalue weighted by Gasteiger charge is 2.44. The Morgan fingerprint density at radius 3 is 2.59 bits per heavy atom. The van der Waals surface area contributed by atoms with E-state index in [1.54, 1.807) is 6.26 Å². The minimum atomic E-state index is -0.952. The Kier molecular flexibility index (Phi) is 4.01. The van der Waals surface area contributed by atoms with E-state index in [2.05, 4.69) is 4.90 Å². The molecule has 3 saturated heterocycles. The van der Waals surface area contributed by atoms with E-state index in [9.17, 15) is 5.11 Å². The molecule has 0 radical (unpaired) electrons. The Hall–Kier alpha value is -0.840. The quantitative estimate of drug-likeness (QED) is 0.908. The summed E-state index contributed by atoms with van der Waals surface area (Å²) in [7, 11) is 0. The maximum absolute atomic E-state index is 11.3. The van der Waals surface area contributed by atoms with Crippen LogP contribution in [0.4, 0.5) is 0 Å². The average Bonchev–Trinajstić information content (AvgIpc) is 3.27. The van der Waals surface area contributed by atoms with Gasteiger partial charge in [-0.1, -0.05) is 12.8 Å². The van der Waals surface area contributed by atoms with E-state index in [-0.39, 0.29) is 12.0 Å². The molecule has 0 aromatic carbocycles. The topological polar surface area (TPSA) is 45.8 Å². The van der Waals surface area contributed by atoms with Gasteiger partial charge in [-0.3, -0.25) is 0 Å². The summed E-state index contributed by atoms with van der Waals surface area (Å²) in [6.45, 7) is 3.84. The van der Waals surface area contributed by atoms with Gasteiger partial charge < -0.3 is 19.2 Å². The fourth-order valence-electron chi connectivity index (χ4n) is 4.65. The summed E-state index contributed by atoms with van der Waals surface area (Å²) in [5.41, 5.74) is -0.952. The van der Waals surface area contributed by atoms with Gasteiger partial charge >= 0.3 is 0 Å². The lowest BCUT2D eigenvalue weighted by Gasteiger charge is -2.45. The van der Waals surface area contributed by atoms with Gasteiger partial charge in [-0.15, -0.1) is 0 Å². The second-order valence-electron chi connectivity index (χ2n) is 7.37. The number of hydrogen-bond acceptors (Lipinski definition) is 4. The summed E-state index contributed by atoms with van der Waals surface area (Å²) < 4.78 is 11.8. The van der Waals surface area contributed by atoms with E-state index in [4.69, 9.17) is 9.15 Å². The second kappa shape index (κ2) is 5.99. The SMILES string of the molecule is O[C@](CO[C@H]1CN2CCC1CC2)(c1ccco1)C1CCCC1. The van der Waals surface area contributed by atoms with Crippen molar-refractivity contribution in [2.75, 3.05) is 26.2 Å². The van der Waals surface area contributed by atoms with Crippen molar-refractivity contribution >= 4 is 0 Å². The number of rotatable bonds is 5. The van der Waals surface area contributed by atoms with Gasteiger partial charge in [0.15, 0.2) is 0 Å². The molecule has 4 heterocycles. The van der Waals surface area contributed by atoms with E-state index in [0.29, 0.717) is 18.3 Å². The van der Waals surface area contributed by atoms with Gasteiger partial charge in [-0.25, -0.2) is 0 Å². The first-order valence-electron chi connectivity index (χ1n) is 8.86. The number of ether oxygens (including phenoxy) is 1. The molecule has 1 aliphatic carbocycles. The molecule has 1 aromatic heterocycles. The average molecular weight is 305 g/mol. The van der Waals surface area contributed by atoms with Crippen LogP contribution in [-0.2, 0) is 10.3 Å². The Morgan fingerprint density at radius 2 is 2.00 bits per heavy atom. The zero-order valence-electron chi connectivity index (χ0n) is 13.2. The van der Waals surface area contributed by atoms with Crippen LogP contribution in [-0.4, -0.2) is 42.4 Å². The van der Waals surface area contributed by atoms with Gasteiger partial charge in [0, 0.05) is 6.54 Å². The van der Waals surface area contributed by atoms with Crippen LogP contribution in [0.3, 0.4) is 0 Å². The van der Waals surface area contributed by atoms with Crippen molar-refractivity contribution in [1.82, 2.24) is 4.90 Å². The van der Waals surface area contributed by atoms with E-state index >= 15 is 0 Å². The Balaban J connectivity index is 1.47. The van der Waals surface area contributed by atoms with Gasteiger partial charge in [0.2, 0.25) is 0 Å². The maximum Gasteiger partial charge on any atom is 0.148 e. The van der Waals surface area contributed by atoms with Crippen molar-refractivity contribution in [2.45, 2.75) is 50.2 Å². The Bertz CT molecular complexity index is 475. The molecule has 2 bridgehead atoms.